The summed E-state index contributed by atoms with van der Waals surface area (Å²) in [6.07, 6.45) is 2.71. The molecule has 3 rings (SSSR count). The van der Waals surface area contributed by atoms with Crippen LogP contribution in [0.3, 0.4) is 0 Å². The van der Waals surface area contributed by atoms with Crippen LogP contribution >= 0.6 is 0 Å². The van der Waals surface area contributed by atoms with Crippen molar-refractivity contribution in [1.29, 1.82) is 0 Å². The number of phenols is 1. The van der Waals surface area contributed by atoms with Crippen molar-refractivity contribution in [2.45, 2.75) is 44.9 Å². The fourth-order valence-corrected chi connectivity index (χ4v) is 3.46. The van der Waals surface area contributed by atoms with E-state index in [-0.39, 0.29) is 0 Å². The number of phenolic OH excluding ortho intramolecular Hbond substituents is 1. The second-order valence-corrected chi connectivity index (χ2v) is 5.61. The van der Waals surface area contributed by atoms with E-state index in [2.05, 4.69) is 24.8 Å². The molecular formula is C15H21NO2. The second-order valence-electron chi connectivity index (χ2n) is 5.61. The molecule has 1 aromatic carbocycles. The van der Waals surface area contributed by atoms with Crippen LogP contribution in [-0.2, 0) is 11.2 Å². The monoisotopic (exact) mass is 247 g/mol. The minimum atomic E-state index is 0.301. The summed E-state index contributed by atoms with van der Waals surface area (Å²) in [5, 5.41) is 9.91. The summed E-state index contributed by atoms with van der Waals surface area (Å²) >= 11 is 0. The van der Waals surface area contributed by atoms with Crippen molar-refractivity contribution < 1.29 is 9.84 Å². The van der Waals surface area contributed by atoms with E-state index in [9.17, 15) is 5.11 Å². The summed E-state index contributed by atoms with van der Waals surface area (Å²) in [5.41, 5.74) is 2.46. The molecular weight excluding hydrogens is 226 g/mol. The molecule has 18 heavy (non-hydrogen) atoms. The first-order chi connectivity index (χ1) is 8.65. The van der Waals surface area contributed by atoms with Crippen LogP contribution in [0.5, 0.6) is 5.75 Å². The summed E-state index contributed by atoms with van der Waals surface area (Å²) in [4.78, 5) is 2.52. The summed E-state index contributed by atoms with van der Waals surface area (Å²) in [6.45, 7) is 6.26. The average molecular weight is 247 g/mol. The lowest BCUT2D eigenvalue weighted by Crippen LogP contribution is -2.46. The Hall–Kier alpha value is -1.06. The molecule has 0 saturated carbocycles. The van der Waals surface area contributed by atoms with Crippen molar-refractivity contribution in [3.8, 4) is 5.75 Å². The Morgan fingerprint density at radius 2 is 1.94 bits per heavy atom. The van der Waals surface area contributed by atoms with Crippen LogP contribution in [-0.4, -0.2) is 35.3 Å². The van der Waals surface area contributed by atoms with Gasteiger partial charge in [-0.1, -0.05) is 12.1 Å². The van der Waals surface area contributed by atoms with Crippen molar-refractivity contribution in [2.75, 3.05) is 13.1 Å². The van der Waals surface area contributed by atoms with Crippen LogP contribution in [0.25, 0.3) is 0 Å². The first-order valence-electron chi connectivity index (χ1n) is 6.85. The Morgan fingerprint density at radius 1 is 1.22 bits per heavy atom. The lowest BCUT2D eigenvalue weighted by atomic mass is 10.0. The molecule has 1 fully saturated rings. The highest BCUT2D eigenvalue weighted by Crippen LogP contribution is 2.40. The average Bonchev–Trinajstić information content (AvgIpc) is 2.73. The number of rotatable bonds is 1. The van der Waals surface area contributed by atoms with Gasteiger partial charge < -0.3 is 9.84 Å². The first kappa shape index (κ1) is 12.0. The Balaban J connectivity index is 1.85. The van der Waals surface area contributed by atoms with Crippen molar-refractivity contribution in [3.63, 3.8) is 0 Å². The molecule has 98 valence electrons. The van der Waals surface area contributed by atoms with E-state index in [1.54, 1.807) is 6.07 Å². The predicted octanol–water partition coefficient (Wildman–Crippen LogP) is 2.49. The molecule has 2 aliphatic rings. The number of morpholine rings is 1. The van der Waals surface area contributed by atoms with Gasteiger partial charge >= 0.3 is 0 Å². The van der Waals surface area contributed by atoms with Gasteiger partial charge in [0.1, 0.15) is 5.75 Å². The molecule has 1 aromatic rings. The normalized spacial score (nSPS) is 32.4. The highest BCUT2D eigenvalue weighted by Gasteiger charge is 2.33. The van der Waals surface area contributed by atoms with Gasteiger partial charge in [0.05, 0.1) is 12.2 Å². The third-order valence-corrected chi connectivity index (χ3v) is 4.10. The lowest BCUT2D eigenvalue weighted by molar-refractivity contribution is -0.0807. The van der Waals surface area contributed by atoms with Crippen LogP contribution in [0.15, 0.2) is 18.2 Å². The number of aromatic hydroxyl groups is 1. The molecule has 1 saturated heterocycles. The van der Waals surface area contributed by atoms with Gasteiger partial charge in [0.15, 0.2) is 0 Å². The summed E-state index contributed by atoms with van der Waals surface area (Å²) in [5.74, 6) is 0.462. The van der Waals surface area contributed by atoms with Crippen LogP contribution in [0, 0.1) is 0 Å². The van der Waals surface area contributed by atoms with Gasteiger partial charge in [0.25, 0.3) is 0 Å². The smallest absolute Gasteiger partial charge is 0.119 e. The summed E-state index contributed by atoms with van der Waals surface area (Å²) in [6, 6.07) is 6.38. The quantitative estimate of drug-likeness (QED) is 0.827. The first-order valence-corrected chi connectivity index (χ1v) is 6.85. The van der Waals surface area contributed by atoms with Gasteiger partial charge in [-0.15, -0.1) is 0 Å². The van der Waals surface area contributed by atoms with E-state index in [1.807, 2.05) is 6.07 Å². The van der Waals surface area contributed by atoms with Gasteiger partial charge in [-0.3, -0.25) is 4.90 Å². The van der Waals surface area contributed by atoms with Crippen molar-refractivity contribution in [1.82, 2.24) is 4.90 Å². The molecule has 1 aliphatic carbocycles. The van der Waals surface area contributed by atoms with Gasteiger partial charge in [0, 0.05) is 19.1 Å². The fourth-order valence-electron chi connectivity index (χ4n) is 3.46. The van der Waals surface area contributed by atoms with Crippen molar-refractivity contribution >= 4 is 0 Å². The van der Waals surface area contributed by atoms with Crippen LogP contribution < -0.4 is 0 Å². The maximum Gasteiger partial charge on any atom is 0.119 e. The molecule has 1 N–H and O–H groups in total. The highest BCUT2D eigenvalue weighted by atomic mass is 16.5. The van der Waals surface area contributed by atoms with E-state index in [0.29, 0.717) is 24.0 Å². The number of hydrogen-bond donors (Lipinski definition) is 1. The van der Waals surface area contributed by atoms with Gasteiger partial charge in [-0.25, -0.2) is 0 Å². The Bertz CT molecular complexity index is 436. The van der Waals surface area contributed by atoms with E-state index < -0.39 is 0 Å². The molecule has 3 heteroatoms. The molecule has 0 aromatic heterocycles. The molecule has 1 heterocycles. The zero-order valence-corrected chi connectivity index (χ0v) is 11.1. The van der Waals surface area contributed by atoms with Crippen LogP contribution in [0.2, 0.25) is 0 Å². The minimum Gasteiger partial charge on any atom is -0.508 e. The summed E-state index contributed by atoms with van der Waals surface area (Å²) in [7, 11) is 0. The number of benzene rings is 1. The zero-order chi connectivity index (χ0) is 12.7. The van der Waals surface area contributed by atoms with E-state index in [0.717, 1.165) is 31.5 Å². The topological polar surface area (TPSA) is 32.7 Å². The molecule has 3 nitrogen and oxygen atoms in total. The predicted molar refractivity (Wildman–Crippen MR) is 70.8 cm³/mol. The van der Waals surface area contributed by atoms with Gasteiger partial charge in [-0.2, -0.15) is 0 Å². The third kappa shape index (κ3) is 2.02. The number of nitrogens with zero attached hydrogens (tertiary/aromatic N) is 1. The van der Waals surface area contributed by atoms with E-state index in [1.165, 1.54) is 5.56 Å². The Kier molecular flexibility index (Phi) is 3.04. The lowest BCUT2D eigenvalue weighted by Gasteiger charge is -2.39. The number of fused-ring (bicyclic) bond motifs is 1. The Morgan fingerprint density at radius 3 is 2.67 bits per heavy atom. The van der Waals surface area contributed by atoms with E-state index >= 15 is 0 Å². The van der Waals surface area contributed by atoms with Crippen molar-refractivity contribution in [3.05, 3.63) is 29.3 Å². The molecule has 0 spiro atoms. The molecule has 1 unspecified atom stereocenters. The van der Waals surface area contributed by atoms with E-state index in [4.69, 9.17) is 4.74 Å². The zero-order valence-electron chi connectivity index (χ0n) is 11.1. The SMILES string of the molecule is C[C@@H]1CN(C2CCc3c(O)cccc32)C[C@H](C)O1. The second kappa shape index (κ2) is 4.56. The number of ether oxygens (including phenoxy) is 1. The van der Waals surface area contributed by atoms with Crippen LogP contribution in [0.4, 0.5) is 0 Å². The largest absolute Gasteiger partial charge is 0.508 e. The maximum absolute atomic E-state index is 9.91. The Labute approximate surface area is 108 Å². The highest BCUT2D eigenvalue weighted by molar-refractivity contribution is 5.44. The number of hydrogen-bond acceptors (Lipinski definition) is 3. The van der Waals surface area contributed by atoms with Gasteiger partial charge in [-0.05, 0) is 43.9 Å². The summed E-state index contributed by atoms with van der Waals surface area (Å²) < 4.78 is 5.80. The molecule has 0 amide bonds. The maximum atomic E-state index is 9.91. The van der Waals surface area contributed by atoms with Crippen LogP contribution in [0.1, 0.15) is 37.4 Å². The minimum absolute atomic E-state index is 0.301. The third-order valence-electron chi connectivity index (χ3n) is 4.10. The molecule has 0 bridgehead atoms. The van der Waals surface area contributed by atoms with Crippen molar-refractivity contribution in [2.24, 2.45) is 0 Å². The fraction of sp³-hybridized carbons (Fsp3) is 0.600. The molecule has 3 atom stereocenters. The standard InChI is InChI=1S/C15H21NO2/c1-10-8-16(9-11(2)18-10)14-7-6-13-12(14)4-3-5-15(13)17/h3-5,10-11,14,17H,6-9H2,1-2H3/t10-,11+,14?. The van der Waals surface area contributed by atoms with Gasteiger partial charge in [0.2, 0.25) is 0 Å². The molecule has 0 radical (unpaired) electrons. The molecule has 1 aliphatic heterocycles.